The van der Waals surface area contributed by atoms with E-state index in [-0.39, 0.29) is 24.6 Å². The van der Waals surface area contributed by atoms with Gasteiger partial charge in [-0.05, 0) is 85.4 Å². The number of fused-ring (bicyclic) bond motifs is 1. The van der Waals surface area contributed by atoms with Crippen molar-refractivity contribution < 1.29 is 28.5 Å². The maximum absolute atomic E-state index is 14.1. The van der Waals surface area contributed by atoms with E-state index in [0.717, 1.165) is 79.2 Å². The monoisotopic (exact) mass is 619 g/mol. The van der Waals surface area contributed by atoms with Crippen LogP contribution in [0.1, 0.15) is 43.1 Å². The van der Waals surface area contributed by atoms with E-state index in [0.29, 0.717) is 17.1 Å². The molecule has 1 aromatic heterocycles. The van der Waals surface area contributed by atoms with Crippen LogP contribution in [0.15, 0.2) is 66.7 Å². The summed E-state index contributed by atoms with van der Waals surface area (Å²) in [5.41, 5.74) is 4.34. The largest absolute Gasteiger partial charge is 0.490 e. The molecule has 0 unspecified atom stereocenters. The normalized spacial score (nSPS) is 17.9. The number of hydrogen-bond acceptors (Lipinski definition) is 6. The predicted octanol–water partition coefficient (Wildman–Crippen LogP) is 6.73. The number of hydrogen-bond donors (Lipinski definition) is 1. The van der Waals surface area contributed by atoms with Crippen molar-refractivity contribution in [3.8, 4) is 11.5 Å². The van der Waals surface area contributed by atoms with E-state index in [4.69, 9.17) is 30.8 Å². The van der Waals surface area contributed by atoms with E-state index < -0.39 is 11.8 Å². The highest BCUT2D eigenvalue weighted by Crippen LogP contribution is 2.28. The summed E-state index contributed by atoms with van der Waals surface area (Å²) in [6.45, 7) is 5.99. The minimum Gasteiger partial charge on any atom is -0.490 e. The Kier molecular flexibility index (Phi) is 9.16. The number of allylic oxidation sites excluding steroid dienone is 1. The van der Waals surface area contributed by atoms with Crippen LogP contribution in [-0.4, -0.2) is 57.4 Å². The Morgan fingerprint density at radius 1 is 1.14 bits per heavy atom. The van der Waals surface area contributed by atoms with Crippen LogP contribution in [0.3, 0.4) is 0 Å². The Balaban J connectivity index is 1.08. The molecule has 8 nitrogen and oxygen atoms in total. The van der Waals surface area contributed by atoms with Gasteiger partial charge in [0.2, 0.25) is 0 Å². The van der Waals surface area contributed by atoms with Gasteiger partial charge in [0.25, 0.3) is 0 Å². The Morgan fingerprint density at radius 2 is 1.95 bits per heavy atom. The van der Waals surface area contributed by atoms with Gasteiger partial charge in [-0.2, -0.15) is 0 Å². The number of halogens is 2. The fourth-order valence-corrected chi connectivity index (χ4v) is 5.84. The van der Waals surface area contributed by atoms with E-state index in [9.17, 15) is 14.3 Å². The average Bonchev–Trinajstić information content (AvgIpc) is 3.31. The second-order valence-corrected chi connectivity index (χ2v) is 11.8. The van der Waals surface area contributed by atoms with Crippen molar-refractivity contribution in [1.29, 1.82) is 0 Å². The maximum atomic E-state index is 14.1. The van der Waals surface area contributed by atoms with Crippen molar-refractivity contribution in [2.75, 3.05) is 19.7 Å². The number of piperidine rings is 1. The molecule has 2 saturated heterocycles. The number of nitrogens with zero attached hydrogens (tertiary/aromatic N) is 3. The van der Waals surface area contributed by atoms with Crippen molar-refractivity contribution in [2.24, 2.45) is 0 Å². The number of imidazole rings is 1. The molecule has 6 rings (SSSR count). The predicted molar refractivity (Wildman–Crippen MR) is 166 cm³/mol. The first kappa shape index (κ1) is 30.1. The van der Waals surface area contributed by atoms with Gasteiger partial charge in [0.15, 0.2) is 11.6 Å². The summed E-state index contributed by atoms with van der Waals surface area (Å²) in [7, 11) is 0. The maximum Gasteiger partial charge on any atom is 0.328 e. The molecule has 2 aliphatic rings. The van der Waals surface area contributed by atoms with E-state index in [1.54, 1.807) is 6.07 Å². The average molecular weight is 620 g/mol. The smallest absolute Gasteiger partial charge is 0.328 e. The fourth-order valence-electron chi connectivity index (χ4n) is 5.68. The first-order valence-corrected chi connectivity index (χ1v) is 15.3. The van der Waals surface area contributed by atoms with E-state index in [2.05, 4.69) is 9.47 Å². The van der Waals surface area contributed by atoms with Gasteiger partial charge in [-0.3, -0.25) is 4.90 Å². The number of carboxylic acids is 1. The molecule has 10 heteroatoms. The molecule has 44 heavy (non-hydrogen) atoms. The number of benzene rings is 3. The van der Waals surface area contributed by atoms with Gasteiger partial charge in [-0.25, -0.2) is 14.2 Å². The van der Waals surface area contributed by atoms with Crippen LogP contribution in [-0.2, 0) is 29.2 Å². The molecular weight excluding hydrogens is 585 g/mol. The molecule has 0 spiro atoms. The summed E-state index contributed by atoms with van der Waals surface area (Å²) < 4.78 is 34.1. The molecule has 4 aromatic rings. The van der Waals surface area contributed by atoms with Gasteiger partial charge in [0, 0.05) is 30.8 Å². The van der Waals surface area contributed by atoms with Crippen LogP contribution in [0.25, 0.3) is 16.6 Å². The second kappa shape index (κ2) is 13.4. The SMILES string of the molecule is C/C(=C\C(=O)O)c1ccc2nc(CN3CCC(Oc4cccc(COc5ccc(Cl)cc5F)c4)CC3)n(C[C@@H]3CCO3)c2c1. The molecule has 2 fully saturated rings. The molecule has 0 aliphatic carbocycles. The summed E-state index contributed by atoms with van der Waals surface area (Å²) in [6.07, 6.45) is 4.26. The van der Waals surface area contributed by atoms with Crippen molar-refractivity contribution in [3.05, 3.63) is 94.5 Å². The zero-order valence-electron chi connectivity index (χ0n) is 24.5. The minimum absolute atomic E-state index is 0.0878. The van der Waals surface area contributed by atoms with Crippen molar-refractivity contribution in [1.82, 2.24) is 14.5 Å². The lowest BCUT2D eigenvalue weighted by atomic mass is 10.1. The van der Waals surface area contributed by atoms with Gasteiger partial charge >= 0.3 is 5.97 Å². The number of carboxylic acid groups (broad SMARTS) is 1. The van der Waals surface area contributed by atoms with Gasteiger partial charge in [-0.1, -0.05) is 29.8 Å². The quantitative estimate of drug-likeness (QED) is 0.186. The Labute approximate surface area is 260 Å². The lowest BCUT2D eigenvalue weighted by Gasteiger charge is -2.32. The van der Waals surface area contributed by atoms with Gasteiger partial charge in [0.05, 0.1) is 30.2 Å². The van der Waals surface area contributed by atoms with E-state index in [1.807, 2.05) is 49.4 Å². The van der Waals surface area contributed by atoms with Gasteiger partial charge in [-0.15, -0.1) is 0 Å². The number of carbonyl (C=O) groups is 1. The first-order valence-electron chi connectivity index (χ1n) is 14.9. The summed E-state index contributed by atoms with van der Waals surface area (Å²) in [5.74, 6) is 0.464. The minimum atomic E-state index is -0.959. The molecule has 0 bridgehead atoms. The van der Waals surface area contributed by atoms with Gasteiger partial charge < -0.3 is 23.9 Å². The van der Waals surface area contributed by atoms with Crippen LogP contribution in [0.2, 0.25) is 5.02 Å². The molecule has 0 amide bonds. The summed E-state index contributed by atoms with van der Waals surface area (Å²) in [4.78, 5) is 18.6. The molecule has 0 saturated carbocycles. The van der Waals surface area contributed by atoms with Crippen LogP contribution < -0.4 is 9.47 Å². The molecule has 0 radical (unpaired) electrons. The highest BCUT2D eigenvalue weighted by atomic mass is 35.5. The molecule has 2 aliphatic heterocycles. The van der Waals surface area contributed by atoms with Crippen molar-refractivity contribution in [3.63, 3.8) is 0 Å². The zero-order valence-corrected chi connectivity index (χ0v) is 25.3. The van der Waals surface area contributed by atoms with Crippen LogP contribution >= 0.6 is 11.6 Å². The van der Waals surface area contributed by atoms with Crippen molar-refractivity contribution >= 4 is 34.2 Å². The summed E-state index contributed by atoms with van der Waals surface area (Å²) >= 11 is 5.83. The van der Waals surface area contributed by atoms with Crippen LogP contribution in [0.4, 0.5) is 4.39 Å². The van der Waals surface area contributed by atoms with Crippen LogP contribution in [0, 0.1) is 5.82 Å². The molecule has 1 N–H and O–H groups in total. The topological polar surface area (TPSA) is 86.0 Å². The Hall–Kier alpha value is -3.92. The number of aliphatic carboxylic acids is 1. The number of aromatic nitrogens is 2. The number of likely N-dealkylation sites (tertiary alicyclic amines) is 1. The van der Waals surface area contributed by atoms with Crippen molar-refractivity contribution in [2.45, 2.75) is 58.1 Å². The van der Waals surface area contributed by atoms with Gasteiger partial charge in [0.1, 0.15) is 24.3 Å². The zero-order chi connectivity index (χ0) is 30.6. The lowest BCUT2D eigenvalue weighted by Crippen LogP contribution is -2.39. The third-order valence-corrected chi connectivity index (χ3v) is 8.43. The fraction of sp³-hybridized carbons (Fsp3) is 0.353. The van der Waals surface area contributed by atoms with Crippen LogP contribution in [0.5, 0.6) is 11.5 Å². The number of rotatable bonds is 11. The van der Waals surface area contributed by atoms with E-state index in [1.165, 1.54) is 18.2 Å². The molecule has 1 atom stereocenters. The highest BCUT2D eigenvalue weighted by Gasteiger charge is 2.25. The third kappa shape index (κ3) is 7.23. The third-order valence-electron chi connectivity index (χ3n) is 8.19. The summed E-state index contributed by atoms with van der Waals surface area (Å²) in [6, 6.07) is 18.0. The highest BCUT2D eigenvalue weighted by molar-refractivity contribution is 6.30. The molecule has 3 heterocycles. The first-order chi connectivity index (χ1) is 21.3. The molecule has 3 aromatic carbocycles. The second-order valence-electron chi connectivity index (χ2n) is 11.4. The number of ether oxygens (including phenoxy) is 3. The molecule has 230 valence electrons. The standard InChI is InChI=1S/C34H35ClFN3O5/c1-22(15-34(40)41)24-5-7-30-31(17-24)39(19-28-11-14-42-28)33(37-30)20-38-12-9-26(10-13-38)44-27-4-2-3-23(16-27)21-43-32-8-6-25(35)18-29(32)36/h2-8,15-18,26,28H,9-14,19-21H2,1H3,(H,40,41)/b22-15+/t28-/m0/s1. The van der Waals surface area contributed by atoms with E-state index >= 15 is 0 Å². The Bertz CT molecular complexity index is 1680. The molecular formula is C34H35ClFN3O5. The summed E-state index contributed by atoms with van der Waals surface area (Å²) in [5, 5.41) is 9.53. The lowest BCUT2D eigenvalue weighted by molar-refractivity contribution is -0.131. The Morgan fingerprint density at radius 3 is 2.68 bits per heavy atom.